The van der Waals surface area contributed by atoms with Gasteiger partial charge in [-0.1, -0.05) is 20.8 Å². The predicted molar refractivity (Wildman–Crippen MR) is 52.4 cm³/mol. The van der Waals surface area contributed by atoms with Crippen LogP contribution in [0.1, 0.15) is 33.6 Å². The fourth-order valence-corrected chi connectivity index (χ4v) is 2.72. The van der Waals surface area contributed by atoms with Crippen molar-refractivity contribution < 1.29 is 5.11 Å². The van der Waals surface area contributed by atoms with Gasteiger partial charge in [0.2, 0.25) is 0 Å². The molecule has 1 N–H and O–H groups in total. The number of halogens is 1. The van der Waals surface area contributed by atoms with Gasteiger partial charge in [0.15, 0.2) is 0 Å². The third-order valence-corrected chi connectivity index (χ3v) is 3.71. The van der Waals surface area contributed by atoms with Gasteiger partial charge in [0, 0.05) is 0 Å². The molecule has 0 amide bonds. The van der Waals surface area contributed by atoms with E-state index >= 15 is 0 Å². The van der Waals surface area contributed by atoms with Crippen LogP contribution in [0.5, 0.6) is 0 Å². The van der Waals surface area contributed by atoms with E-state index in [1.807, 2.05) is 0 Å². The molecule has 1 aliphatic rings. The van der Waals surface area contributed by atoms with Crippen molar-refractivity contribution in [3.05, 3.63) is 0 Å². The largest absolute Gasteiger partial charge is 0.391 e. The van der Waals surface area contributed by atoms with Crippen molar-refractivity contribution in [1.82, 2.24) is 0 Å². The summed E-state index contributed by atoms with van der Waals surface area (Å²) in [5.41, 5.74) is 0. The molecule has 4 atom stereocenters. The van der Waals surface area contributed by atoms with Gasteiger partial charge in [-0.05, 0) is 30.6 Å². The number of hydrogen-bond acceptors (Lipinski definition) is 1. The van der Waals surface area contributed by atoms with E-state index in [0.717, 1.165) is 6.42 Å². The second-order valence-electron chi connectivity index (χ2n) is 4.40. The SMILES string of the molecule is CC(C)C1CCC(C)C(O)C1Cl. The zero-order chi connectivity index (χ0) is 9.30. The molecule has 0 bridgehead atoms. The fourth-order valence-electron chi connectivity index (χ4n) is 2.05. The van der Waals surface area contributed by atoms with Crippen LogP contribution >= 0.6 is 11.6 Å². The minimum absolute atomic E-state index is 0.0336. The highest BCUT2D eigenvalue weighted by Gasteiger charge is 2.36. The molecule has 1 fully saturated rings. The normalized spacial score (nSPS) is 43.5. The van der Waals surface area contributed by atoms with Gasteiger partial charge in [-0.3, -0.25) is 0 Å². The van der Waals surface area contributed by atoms with Crippen LogP contribution in [0.25, 0.3) is 0 Å². The number of hydrogen-bond donors (Lipinski definition) is 1. The van der Waals surface area contributed by atoms with E-state index in [1.165, 1.54) is 6.42 Å². The summed E-state index contributed by atoms with van der Waals surface area (Å²) in [6.45, 7) is 6.45. The molecule has 0 aliphatic heterocycles. The first kappa shape index (κ1) is 10.3. The topological polar surface area (TPSA) is 20.2 Å². The Kier molecular flexibility index (Phi) is 3.42. The Hall–Kier alpha value is 0.250. The summed E-state index contributed by atoms with van der Waals surface area (Å²) in [5, 5.41) is 9.70. The average molecular weight is 191 g/mol. The van der Waals surface area contributed by atoms with Crippen LogP contribution in [0.3, 0.4) is 0 Å². The van der Waals surface area contributed by atoms with E-state index in [4.69, 9.17) is 11.6 Å². The number of aliphatic hydroxyl groups excluding tert-OH is 1. The summed E-state index contributed by atoms with van der Waals surface area (Å²) in [6.07, 6.45) is 1.99. The molecule has 0 saturated heterocycles. The maximum atomic E-state index is 9.73. The van der Waals surface area contributed by atoms with Gasteiger partial charge in [-0.2, -0.15) is 0 Å². The Bertz CT molecular complexity index is 147. The van der Waals surface area contributed by atoms with Crippen LogP contribution in [0.4, 0.5) is 0 Å². The third-order valence-electron chi connectivity index (χ3n) is 3.13. The van der Waals surface area contributed by atoms with Crippen molar-refractivity contribution in [2.24, 2.45) is 17.8 Å². The van der Waals surface area contributed by atoms with E-state index in [-0.39, 0.29) is 11.5 Å². The van der Waals surface area contributed by atoms with Gasteiger partial charge in [-0.25, -0.2) is 0 Å². The highest BCUT2D eigenvalue weighted by Crippen LogP contribution is 2.36. The van der Waals surface area contributed by atoms with E-state index < -0.39 is 0 Å². The molecule has 0 spiro atoms. The molecular weight excluding hydrogens is 172 g/mol. The smallest absolute Gasteiger partial charge is 0.0732 e. The molecule has 1 aliphatic carbocycles. The minimum Gasteiger partial charge on any atom is -0.391 e. The lowest BCUT2D eigenvalue weighted by Crippen LogP contribution is -2.40. The van der Waals surface area contributed by atoms with Crippen LogP contribution in [0, 0.1) is 17.8 Å². The second kappa shape index (κ2) is 3.97. The quantitative estimate of drug-likeness (QED) is 0.631. The van der Waals surface area contributed by atoms with Crippen LogP contribution in [0.2, 0.25) is 0 Å². The highest BCUT2D eigenvalue weighted by atomic mass is 35.5. The molecule has 1 rings (SSSR count). The zero-order valence-corrected chi connectivity index (χ0v) is 8.88. The van der Waals surface area contributed by atoms with E-state index in [2.05, 4.69) is 20.8 Å². The third kappa shape index (κ3) is 1.94. The lowest BCUT2D eigenvalue weighted by molar-refractivity contribution is 0.0460. The summed E-state index contributed by atoms with van der Waals surface area (Å²) in [7, 11) is 0. The highest BCUT2D eigenvalue weighted by molar-refractivity contribution is 6.21. The van der Waals surface area contributed by atoms with Crippen molar-refractivity contribution in [3.63, 3.8) is 0 Å². The van der Waals surface area contributed by atoms with Gasteiger partial charge in [-0.15, -0.1) is 11.6 Å². The lowest BCUT2D eigenvalue weighted by Gasteiger charge is -2.37. The molecule has 12 heavy (non-hydrogen) atoms. The van der Waals surface area contributed by atoms with Gasteiger partial charge >= 0.3 is 0 Å². The maximum absolute atomic E-state index is 9.73. The molecule has 0 aromatic heterocycles. The molecule has 1 saturated carbocycles. The molecule has 0 aromatic rings. The molecule has 1 nitrogen and oxygen atoms in total. The average Bonchev–Trinajstić information content (AvgIpc) is 2.00. The molecule has 2 heteroatoms. The van der Waals surface area contributed by atoms with Crippen LogP contribution in [-0.4, -0.2) is 16.6 Å². The first-order valence-electron chi connectivity index (χ1n) is 4.86. The van der Waals surface area contributed by atoms with Gasteiger partial charge < -0.3 is 5.11 Å². The molecule has 72 valence electrons. The van der Waals surface area contributed by atoms with Crippen molar-refractivity contribution in [1.29, 1.82) is 0 Å². The summed E-state index contributed by atoms with van der Waals surface area (Å²) in [4.78, 5) is 0. The second-order valence-corrected chi connectivity index (χ2v) is 4.90. The van der Waals surface area contributed by atoms with Crippen molar-refractivity contribution in [3.8, 4) is 0 Å². The standard InChI is InChI=1S/C10H19ClO/c1-6(2)8-5-4-7(3)10(12)9(8)11/h6-10,12H,4-5H2,1-3H3. The Morgan fingerprint density at radius 2 is 1.92 bits per heavy atom. The first-order chi connectivity index (χ1) is 5.54. The van der Waals surface area contributed by atoms with Gasteiger partial charge in [0.05, 0.1) is 11.5 Å². The van der Waals surface area contributed by atoms with Crippen molar-refractivity contribution in [2.45, 2.75) is 45.1 Å². The van der Waals surface area contributed by atoms with Gasteiger partial charge in [0.25, 0.3) is 0 Å². The van der Waals surface area contributed by atoms with E-state index in [1.54, 1.807) is 0 Å². The molecule has 0 radical (unpaired) electrons. The van der Waals surface area contributed by atoms with Crippen molar-refractivity contribution >= 4 is 11.6 Å². The lowest BCUT2D eigenvalue weighted by atomic mass is 9.75. The number of alkyl halides is 1. The zero-order valence-electron chi connectivity index (χ0n) is 8.13. The maximum Gasteiger partial charge on any atom is 0.0732 e. The summed E-state index contributed by atoms with van der Waals surface area (Å²) < 4.78 is 0. The molecule has 0 aromatic carbocycles. The summed E-state index contributed by atoms with van der Waals surface area (Å²) >= 11 is 6.17. The van der Waals surface area contributed by atoms with Crippen LogP contribution in [-0.2, 0) is 0 Å². The Balaban J connectivity index is 2.58. The Morgan fingerprint density at radius 1 is 1.33 bits per heavy atom. The predicted octanol–water partition coefficient (Wildman–Crippen LogP) is 2.66. The molecule has 0 heterocycles. The summed E-state index contributed by atoms with van der Waals surface area (Å²) in [5.74, 6) is 1.47. The first-order valence-corrected chi connectivity index (χ1v) is 5.29. The number of aliphatic hydroxyl groups is 1. The Morgan fingerprint density at radius 3 is 2.42 bits per heavy atom. The van der Waals surface area contributed by atoms with Crippen LogP contribution in [0.15, 0.2) is 0 Å². The monoisotopic (exact) mass is 190 g/mol. The van der Waals surface area contributed by atoms with Crippen molar-refractivity contribution in [2.75, 3.05) is 0 Å². The van der Waals surface area contributed by atoms with Crippen LogP contribution < -0.4 is 0 Å². The fraction of sp³-hybridized carbons (Fsp3) is 1.00. The van der Waals surface area contributed by atoms with E-state index in [0.29, 0.717) is 17.8 Å². The van der Waals surface area contributed by atoms with Gasteiger partial charge in [0.1, 0.15) is 0 Å². The summed E-state index contributed by atoms with van der Waals surface area (Å²) in [6, 6.07) is 0. The minimum atomic E-state index is -0.298. The molecular formula is C10H19ClO. The Labute approximate surface area is 80.1 Å². The van der Waals surface area contributed by atoms with E-state index in [9.17, 15) is 5.11 Å². The number of rotatable bonds is 1. The molecule has 4 unspecified atom stereocenters.